The van der Waals surface area contributed by atoms with Crippen LogP contribution in [-0.2, 0) is 0 Å². The molecule has 0 radical (unpaired) electrons. The zero-order chi connectivity index (χ0) is 32.3. The highest BCUT2D eigenvalue weighted by Gasteiger charge is 2.20. The van der Waals surface area contributed by atoms with Crippen molar-refractivity contribution in [3.8, 4) is 45.0 Å². The molecular weight excluding hydrogens is 597 g/mol. The standard InChI is InChI=1S/C46H28N2O/c1-2-13-29(14-3-1)32-17-8-9-20-35(32)41-28-42(39-23-12-22-38-36-21-10-11-24-43(36)49-45(38)39)48-46(47-41)44-34-19-7-5-16-31(34)27-40-33-18-6-4-15-30(33)25-26-37(40)44/h1-28H. The van der Waals surface area contributed by atoms with E-state index in [9.17, 15) is 0 Å². The molecular formula is C46H28N2O. The number of benzene rings is 8. The normalized spacial score (nSPS) is 11.7. The van der Waals surface area contributed by atoms with E-state index in [0.29, 0.717) is 5.82 Å². The maximum atomic E-state index is 6.55. The minimum Gasteiger partial charge on any atom is -0.455 e. The summed E-state index contributed by atoms with van der Waals surface area (Å²) in [5.74, 6) is 0.681. The number of para-hydroxylation sites is 2. The molecule has 49 heavy (non-hydrogen) atoms. The predicted octanol–water partition coefficient (Wildman–Crippen LogP) is 12.5. The molecule has 10 aromatic rings. The van der Waals surface area contributed by atoms with Gasteiger partial charge in [-0.05, 0) is 67.7 Å². The van der Waals surface area contributed by atoms with Gasteiger partial charge in [0, 0.05) is 27.5 Å². The van der Waals surface area contributed by atoms with E-state index in [1.165, 1.54) is 16.2 Å². The average Bonchev–Trinajstić information content (AvgIpc) is 3.56. The van der Waals surface area contributed by atoms with Gasteiger partial charge in [0.1, 0.15) is 11.2 Å². The van der Waals surface area contributed by atoms with Gasteiger partial charge in [0.15, 0.2) is 5.82 Å². The fourth-order valence-corrected chi connectivity index (χ4v) is 7.42. The van der Waals surface area contributed by atoms with Crippen LogP contribution in [0.15, 0.2) is 174 Å². The summed E-state index contributed by atoms with van der Waals surface area (Å²) in [7, 11) is 0. The minimum absolute atomic E-state index is 0.681. The molecule has 0 saturated heterocycles. The highest BCUT2D eigenvalue weighted by molar-refractivity contribution is 6.19. The Balaban J connectivity index is 1.33. The summed E-state index contributed by atoms with van der Waals surface area (Å²) in [5.41, 5.74) is 8.62. The number of nitrogens with zero attached hydrogens (tertiary/aromatic N) is 2. The van der Waals surface area contributed by atoms with Crippen molar-refractivity contribution in [2.45, 2.75) is 0 Å². The van der Waals surface area contributed by atoms with Crippen molar-refractivity contribution in [3.05, 3.63) is 170 Å². The molecule has 0 unspecified atom stereocenters. The van der Waals surface area contributed by atoms with Crippen molar-refractivity contribution in [1.82, 2.24) is 9.97 Å². The fraction of sp³-hybridized carbons (Fsp3) is 0. The third-order valence-electron chi connectivity index (χ3n) is 9.69. The Morgan fingerprint density at radius 2 is 1.00 bits per heavy atom. The number of aromatic nitrogens is 2. The molecule has 0 N–H and O–H groups in total. The van der Waals surface area contributed by atoms with Gasteiger partial charge in [-0.3, -0.25) is 0 Å². The molecule has 10 rings (SSSR count). The van der Waals surface area contributed by atoms with Crippen LogP contribution >= 0.6 is 0 Å². The topological polar surface area (TPSA) is 38.9 Å². The molecule has 0 aliphatic heterocycles. The lowest BCUT2D eigenvalue weighted by Crippen LogP contribution is -1.99. The van der Waals surface area contributed by atoms with E-state index < -0.39 is 0 Å². The first-order valence-corrected chi connectivity index (χ1v) is 16.6. The molecule has 0 bridgehead atoms. The maximum Gasteiger partial charge on any atom is 0.161 e. The van der Waals surface area contributed by atoms with Crippen molar-refractivity contribution in [2.24, 2.45) is 0 Å². The molecule has 0 fully saturated rings. The Morgan fingerprint density at radius 1 is 0.367 bits per heavy atom. The van der Waals surface area contributed by atoms with Crippen molar-refractivity contribution in [3.63, 3.8) is 0 Å². The van der Waals surface area contributed by atoms with Crippen molar-refractivity contribution in [1.29, 1.82) is 0 Å². The molecule has 3 nitrogen and oxygen atoms in total. The van der Waals surface area contributed by atoms with Gasteiger partial charge in [-0.1, -0.05) is 146 Å². The summed E-state index contributed by atoms with van der Waals surface area (Å²) < 4.78 is 6.55. The Bertz CT molecular complexity index is 2890. The Kier molecular flexibility index (Phi) is 6.18. The first-order valence-electron chi connectivity index (χ1n) is 16.6. The highest BCUT2D eigenvalue weighted by Crippen LogP contribution is 2.42. The van der Waals surface area contributed by atoms with E-state index in [0.717, 1.165) is 77.3 Å². The Labute approximate surface area is 282 Å². The van der Waals surface area contributed by atoms with E-state index >= 15 is 0 Å². The van der Waals surface area contributed by atoms with Gasteiger partial charge in [-0.25, -0.2) is 9.97 Å². The highest BCUT2D eigenvalue weighted by atomic mass is 16.3. The monoisotopic (exact) mass is 624 g/mol. The number of hydrogen-bond donors (Lipinski definition) is 0. The quantitative estimate of drug-likeness (QED) is 0.144. The third-order valence-corrected chi connectivity index (χ3v) is 9.69. The molecule has 8 aromatic carbocycles. The molecule has 0 aliphatic rings. The van der Waals surface area contributed by atoms with Crippen molar-refractivity contribution >= 4 is 54.3 Å². The van der Waals surface area contributed by atoms with Crippen LogP contribution in [0.1, 0.15) is 0 Å². The molecule has 3 heteroatoms. The van der Waals surface area contributed by atoms with Crippen LogP contribution < -0.4 is 0 Å². The number of furan rings is 1. The zero-order valence-corrected chi connectivity index (χ0v) is 26.5. The van der Waals surface area contributed by atoms with Gasteiger partial charge >= 0.3 is 0 Å². The first-order chi connectivity index (χ1) is 24.3. The van der Waals surface area contributed by atoms with E-state index in [1.54, 1.807) is 0 Å². The SMILES string of the molecule is c1ccc(-c2ccccc2-c2cc(-c3cccc4c3oc3ccccc34)nc(-c3c4ccccc4cc4c3ccc3ccccc34)n2)cc1. The Morgan fingerprint density at radius 3 is 1.86 bits per heavy atom. The molecule has 0 saturated carbocycles. The molecule has 2 aromatic heterocycles. The lowest BCUT2D eigenvalue weighted by molar-refractivity contribution is 0.670. The summed E-state index contributed by atoms with van der Waals surface area (Å²) in [6.07, 6.45) is 0. The molecule has 228 valence electrons. The summed E-state index contributed by atoms with van der Waals surface area (Å²) in [5, 5.41) is 9.17. The van der Waals surface area contributed by atoms with Crippen molar-refractivity contribution < 1.29 is 4.42 Å². The van der Waals surface area contributed by atoms with E-state index in [4.69, 9.17) is 14.4 Å². The van der Waals surface area contributed by atoms with Crippen LogP contribution in [0, 0.1) is 0 Å². The van der Waals surface area contributed by atoms with Gasteiger partial charge in [-0.2, -0.15) is 0 Å². The van der Waals surface area contributed by atoms with Crippen LogP contribution in [0.5, 0.6) is 0 Å². The number of hydrogen-bond acceptors (Lipinski definition) is 3. The number of rotatable bonds is 4. The second-order valence-electron chi connectivity index (χ2n) is 12.5. The molecule has 0 atom stereocenters. The summed E-state index contributed by atoms with van der Waals surface area (Å²) in [4.78, 5) is 10.9. The minimum atomic E-state index is 0.681. The second-order valence-corrected chi connectivity index (χ2v) is 12.5. The average molecular weight is 625 g/mol. The van der Waals surface area contributed by atoms with E-state index in [-0.39, 0.29) is 0 Å². The maximum absolute atomic E-state index is 6.55. The van der Waals surface area contributed by atoms with Crippen LogP contribution in [0.3, 0.4) is 0 Å². The smallest absolute Gasteiger partial charge is 0.161 e. The third kappa shape index (κ3) is 4.44. The second kappa shape index (κ2) is 11.0. The van der Waals surface area contributed by atoms with Crippen LogP contribution in [-0.4, -0.2) is 9.97 Å². The number of fused-ring (bicyclic) bond motifs is 7. The van der Waals surface area contributed by atoms with E-state index in [2.05, 4.69) is 158 Å². The summed E-state index contributed by atoms with van der Waals surface area (Å²) in [6.45, 7) is 0. The van der Waals surface area contributed by atoms with Gasteiger partial charge < -0.3 is 4.42 Å². The van der Waals surface area contributed by atoms with Gasteiger partial charge in [0.25, 0.3) is 0 Å². The van der Waals surface area contributed by atoms with Gasteiger partial charge in [0.2, 0.25) is 0 Å². The van der Waals surface area contributed by atoms with Gasteiger partial charge in [0.05, 0.1) is 11.4 Å². The zero-order valence-electron chi connectivity index (χ0n) is 26.5. The van der Waals surface area contributed by atoms with Crippen LogP contribution in [0.2, 0.25) is 0 Å². The molecule has 0 amide bonds. The predicted molar refractivity (Wildman–Crippen MR) is 204 cm³/mol. The largest absolute Gasteiger partial charge is 0.455 e. The summed E-state index contributed by atoms with van der Waals surface area (Å²) in [6, 6.07) is 59.6. The van der Waals surface area contributed by atoms with Crippen LogP contribution in [0.4, 0.5) is 0 Å². The van der Waals surface area contributed by atoms with E-state index in [1.807, 2.05) is 12.1 Å². The fourth-order valence-electron chi connectivity index (χ4n) is 7.42. The molecule has 0 aliphatic carbocycles. The Hall–Kier alpha value is -6.58. The van der Waals surface area contributed by atoms with Crippen molar-refractivity contribution in [2.75, 3.05) is 0 Å². The first kappa shape index (κ1) is 27.5. The van der Waals surface area contributed by atoms with Gasteiger partial charge in [-0.15, -0.1) is 0 Å². The molecule has 0 spiro atoms. The van der Waals surface area contributed by atoms with Crippen LogP contribution in [0.25, 0.3) is 99.3 Å². The lowest BCUT2D eigenvalue weighted by Gasteiger charge is -2.16. The lowest BCUT2D eigenvalue weighted by atomic mass is 9.92. The summed E-state index contributed by atoms with van der Waals surface area (Å²) >= 11 is 0. The molecule has 2 heterocycles.